The summed E-state index contributed by atoms with van der Waals surface area (Å²) in [7, 11) is 1.63. The molecule has 0 unspecified atom stereocenters. The average molecular weight is 252 g/mol. The van der Waals surface area contributed by atoms with E-state index < -0.39 is 0 Å². The van der Waals surface area contributed by atoms with Gasteiger partial charge in [0.15, 0.2) is 6.61 Å². The molecule has 1 rings (SSSR count). The van der Waals surface area contributed by atoms with Crippen molar-refractivity contribution in [2.75, 3.05) is 32.6 Å². The molecule has 1 aromatic rings. The van der Waals surface area contributed by atoms with Crippen LogP contribution in [0.4, 0.5) is 5.69 Å². The van der Waals surface area contributed by atoms with Gasteiger partial charge in [0, 0.05) is 20.3 Å². The van der Waals surface area contributed by atoms with E-state index in [0.29, 0.717) is 24.6 Å². The summed E-state index contributed by atoms with van der Waals surface area (Å²) in [6.07, 6.45) is 0.787. The lowest BCUT2D eigenvalue weighted by Gasteiger charge is -2.10. The van der Waals surface area contributed by atoms with Crippen molar-refractivity contribution in [3.63, 3.8) is 0 Å². The number of nitrogens with one attached hydrogen (secondary N) is 1. The van der Waals surface area contributed by atoms with Crippen LogP contribution in [-0.4, -0.2) is 32.8 Å². The van der Waals surface area contributed by atoms with Crippen LogP contribution >= 0.6 is 0 Å². The third kappa shape index (κ3) is 5.05. The molecule has 0 aliphatic carbocycles. The molecule has 0 atom stereocenters. The van der Waals surface area contributed by atoms with Gasteiger partial charge < -0.3 is 20.5 Å². The number of hydrogen-bond acceptors (Lipinski definition) is 4. The minimum Gasteiger partial charge on any atom is -0.482 e. The third-order valence-electron chi connectivity index (χ3n) is 2.38. The van der Waals surface area contributed by atoms with Crippen LogP contribution in [0.15, 0.2) is 18.2 Å². The number of ether oxygens (including phenoxy) is 2. The summed E-state index contributed by atoms with van der Waals surface area (Å²) >= 11 is 0. The van der Waals surface area contributed by atoms with Crippen LogP contribution in [0.3, 0.4) is 0 Å². The quantitative estimate of drug-likeness (QED) is 0.563. The van der Waals surface area contributed by atoms with Gasteiger partial charge in [-0.05, 0) is 31.0 Å². The lowest BCUT2D eigenvalue weighted by molar-refractivity contribution is -0.123. The number of nitrogens with two attached hydrogens (primary N) is 1. The highest BCUT2D eigenvalue weighted by molar-refractivity contribution is 5.77. The number of anilines is 1. The Hall–Kier alpha value is -1.75. The molecule has 0 saturated carbocycles. The summed E-state index contributed by atoms with van der Waals surface area (Å²) in [4.78, 5) is 11.5. The lowest BCUT2D eigenvalue weighted by Crippen LogP contribution is -2.30. The highest BCUT2D eigenvalue weighted by Crippen LogP contribution is 2.21. The van der Waals surface area contributed by atoms with E-state index in [1.54, 1.807) is 13.2 Å². The molecular weight excluding hydrogens is 232 g/mol. The first-order valence-electron chi connectivity index (χ1n) is 5.88. The van der Waals surface area contributed by atoms with E-state index in [1.165, 1.54) is 0 Å². The first kappa shape index (κ1) is 14.3. The van der Waals surface area contributed by atoms with Crippen LogP contribution in [0.25, 0.3) is 0 Å². The topological polar surface area (TPSA) is 73.6 Å². The largest absolute Gasteiger partial charge is 0.482 e. The Balaban J connectivity index is 2.31. The molecule has 0 bridgehead atoms. The van der Waals surface area contributed by atoms with Gasteiger partial charge in [0.25, 0.3) is 5.91 Å². The van der Waals surface area contributed by atoms with Crippen LogP contribution in [0.2, 0.25) is 0 Å². The van der Waals surface area contributed by atoms with Crippen molar-refractivity contribution < 1.29 is 14.3 Å². The number of aryl methyl sites for hydroxylation is 1. The number of carbonyl (C=O) groups excluding carboxylic acids is 1. The summed E-state index contributed by atoms with van der Waals surface area (Å²) in [6.45, 7) is 3.13. The predicted molar refractivity (Wildman–Crippen MR) is 70.6 cm³/mol. The monoisotopic (exact) mass is 252 g/mol. The molecule has 5 nitrogen and oxygen atoms in total. The van der Waals surface area contributed by atoms with E-state index in [0.717, 1.165) is 12.0 Å². The Morgan fingerprint density at radius 2 is 2.22 bits per heavy atom. The van der Waals surface area contributed by atoms with E-state index in [-0.39, 0.29) is 12.5 Å². The van der Waals surface area contributed by atoms with Crippen LogP contribution in [-0.2, 0) is 9.53 Å². The Kier molecular flexibility index (Phi) is 6.00. The maximum atomic E-state index is 11.5. The molecule has 1 aromatic carbocycles. The van der Waals surface area contributed by atoms with E-state index in [2.05, 4.69) is 5.32 Å². The maximum absolute atomic E-state index is 11.5. The zero-order valence-electron chi connectivity index (χ0n) is 10.9. The van der Waals surface area contributed by atoms with Crippen molar-refractivity contribution in [3.8, 4) is 5.75 Å². The Morgan fingerprint density at radius 3 is 2.94 bits per heavy atom. The van der Waals surface area contributed by atoms with Gasteiger partial charge >= 0.3 is 0 Å². The molecule has 18 heavy (non-hydrogen) atoms. The number of nitrogen functional groups attached to an aromatic ring is 1. The molecule has 0 heterocycles. The molecule has 0 fully saturated rings. The maximum Gasteiger partial charge on any atom is 0.257 e. The number of carbonyl (C=O) groups is 1. The molecule has 5 heteroatoms. The SMILES string of the molecule is COCCCNC(=O)COc1cc(C)ccc1N. The standard InChI is InChI=1S/C13H20N2O3/c1-10-4-5-11(14)12(8-10)18-9-13(16)15-6-3-7-17-2/h4-5,8H,3,6-7,9,14H2,1-2H3,(H,15,16). The minimum absolute atomic E-state index is 0.0271. The van der Waals surface area contributed by atoms with Gasteiger partial charge in [0.2, 0.25) is 0 Å². The van der Waals surface area contributed by atoms with Gasteiger partial charge in [0.05, 0.1) is 5.69 Å². The van der Waals surface area contributed by atoms with Crippen LogP contribution in [0.5, 0.6) is 5.75 Å². The zero-order valence-corrected chi connectivity index (χ0v) is 10.9. The Bertz CT molecular complexity index is 394. The summed E-state index contributed by atoms with van der Waals surface area (Å²) in [5.41, 5.74) is 7.32. The smallest absolute Gasteiger partial charge is 0.257 e. The van der Waals surface area contributed by atoms with Gasteiger partial charge in [-0.3, -0.25) is 4.79 Å². The van der Waals surface area contributed by atoms with E-state index in [1.807, 2.05) is 19.1 Å². The van der Waals surface area contributed by atoms with Gasteiger partial charge in [-0.2, -0.15) is 0 Å². The van der Waals surface area contributed by atoms with Gasteiger partial charge in [-0.1, -0.05) is 6.07 Å². The molecule has 0 saturated heterocycles. The first-order valence-corrected chi connectivity index (χ1v) is 5.88. The molecule has 0 spiro atoms. The second kappa shape index (κ2) is 7.55. The Morgan fingerprint density at radius 1 is 1.44 bits per heavy atom. The van der Waals surface area contributed by atoms with Crippen molar-refractivity contribution in [2.45, 2.75) is 13.3 Å². The minimum atomic E-state index is -0.160. The lowest BCUT2D eigenvalue weighted by atomic mass is 10.2. The van der Waals surface area contributed by atoms with Crippen molar-refractivity contribution in [2.24, 2.45) is 0 Å². The fourth-order valence-electron chi connectivity index (χ4n) is 1.41. The van der Waals surface area contributed by atoms with E-state index >= 15 is 0 Å². The molecule has 0 radical (unpaired) electrons. The van der Waals surface area contributed by atoms with Crippen molar-refractivity contribution in [3.05, 3.63) is 23.8 Å². The molecular formula is C13H20N2O3. The number of hydrogen-bond donors (Lipinski definition) is 2. The van der Waals surface area contributed by atoms with Gasteiger partial charge in [0.1, 0.15) is 5.75 Å². The molecule has 1 amide bonds. The van der Waals surface area contributed by atoms with Crippen LogP contribution < -0.4 is 15.8 Å². The molecule has 0 aromatic heterocycles. The van der Waals surface area contributed by atoms with Crippen LogP contribution in [0.1, 0.15) is 12.0 Å². The molecule has 100 valence electrons. The molecule has 3 N–H and O–H groups in total. The number of rotatable bonds is 7. The summed E-state index contributed by atoms with van der Waals surface area (Å²) in [5, 5.41) is 2.74. The highest BCUT2D eigenvalue weighted by Gasteiger charge is 2.05. The fraction of sp³-hybridized carbons (Fsp3) is 0.462. The number of benzene rings is 1. The number of methoxy groups -OCH3 is 1. The van der Waals surface area contributed by atoms with Crippen molar-refractivity contribution in [1.29, 1.82) is 0 Å². The van der Waals surface area contributed by atoms with Crippen molar-refractivity contribution >= 4 is 11.6 Å². The van der Waals surface area contributed by atoms with E-state index in [9.17, 15) is 4.79 Å². The summed E-state index contributed by atoms with van der Waals surface area (Å²) in [6, 6.07) is 5.47. The normalized spacial score (nSPS) is 10.1. The third-order valence-corrected chi connectivity index (χ3v) is 2.38. The Labute approximate surface area is 107 Å². The van der Waals surface area contributed by atoms with E-state index in [4.69, 9.17) is 15.2 Å². The van der Waals surface area contributed by atoms with Gasteiger partial charge in [-0.15, -0.1) is 0 Å². The molecule has 0 aliphatic rings. The molecule has 0 aliphatic heterocycles. The fourth-order valence-corrected chi connectivity index (χ4v) is 1.41. The highest BCUT2D eigenvalue weighted by atomic mass is 16.5. The predicted octanol–water partition coefficient (Wildman–Crippen LogP) is 1.11. The number of amides is 1. The zero-order chi connectivity index (χ0) is 13.4. The first-order chi connectivity index (χ1) is 8.63. The summed E-state index contributed by atoms with van der Waals surface area (Å²) < 4.78 is 10.3. The average Bonchev–Trinajstić information content (AvgIpc) is 2.36. The summed E-state index contributed by atoms with van der Waals surface area (Å²) in [5.74, 6) is 0.383. The van der Waals surface area contributed by atoms with Gasteiger partial charge in [-0.25, -0.2) is 0 Å². The second-order valence-corrected chi connectivity index (χ2v) is 4.03. The second-order valence-electron chi connectivity index (χ2n) is 4.03. The van der Waals surface area contributed by atoms with Crippen molar-refractivity contribution in [1.82, 2.24) is 5.32 Å². The van der Waals surface area contributed by atoms with Crippen LogP contribution in [0, 0.1) is 6.92 Å².